The summed E-state index contributed by atoms with van der Waals surface area (Å²) in [5.74, 6) is -2.08. The van der Waals surface area contributed by atoms with Crippen LogP contribution in [-0.4, -0.2) is 21.2 Å². The Bertz CT molecular complexity index is 1300. The highest BCUT2D eigenvalue weighted by molar-refractivity contribution is 7.99. The smallest absolute Gasteiger partial charge is 0.297 e. The van der Waals surface area contributed by atoms with Crippen LogP contribution in [-0.2, 0) is 11.3 Å². The second-order valence-corrected chi connectivity index (χ2v) is 7.12. The van der Waals surface area contributed by atoms with Gasteiger partial charge in [0.2, 0.25) is 11.5 Å². The Morgan fingerprint density at radius 1 is 1.24 bits per heavy atom. The van der Waals surface area contributed by atoms with Crippen LogP contribution in [0, 0.1) is 11.6 Å². The van der Waals surface area contributed by atoms with Crippen molar-refractivity contribution in [2.24, 2.45) is 0 Å². The number of nitrogens with one attached hydrogen (secondary N) is 1. The highest BCUT2D eigenvalue weighted by atomic mass is 32.2. The Labute approximate surface area is 167 Å². The summed E-state index contributed by atoms with van der Waals surface area (Å²) in [7, 11) is 0. The first-order chi connectivity index (χ1) is 14.0. The van der Waals surface area contributed by atoms with Gasteiger partial charge < -0.3 is 9.73 Å². The summed E-state index contributed by atoms with van der Waals surface area (Å²) in [5, 5.41) is 3.37. The number of carbonyl (C=O) groups excluding carboxylic acids is 1. The molecule has 0 unspecified atom stereocenters. The largest absolute Gasteiger partial charge is 0.448 e. The average molecular weight is 415 g/mol. The number of furan rings is 1. The number of amides is 1. The lowest BCUT2D eigenvalue weighted by atomic mass is 10.2. The van der Waals surface area contributed by atoms with Crippen LogP contribution in [0.3, 0.4) is 0 Å². The van der Waals surface area contributed by atoms with Crippen molar-refractivity contribution >= 4 is 45.4 Å². The number of carbonyl (C=O) groups is 1. The molecule has 0 aliphatic carbocycles. The minimum atomic E-state index is -0.736. The standard InChI is InChI=1S/C20H15F2N3O3S/c1-2-25-19(27)18-17(12-5-3-4-6-15(12)28-18)24-20(25)29-10-16(26)23-14-9-11(21)7-8-13(14)22/h3-9H,2,10H2,1H3,(H,23,26). The number of para-hydroxylation sites is 1. The van der Waals surface area contributed by atoms with Crippen molar-refractivity contribution in [1.82, 2.24) is 9.55 Å². The van der Waals surface area contributed by atoms with Crippen molar-refractivity contribution in [2.75, 3.05) is 11.1 Å². The van der Waals surface area contributed by atoms with Crippen molar-refractivity contribution in [3.05, 3.63) is 64.5 Å². The highest BCUT2D eigenvalue weighted by Gasteiger charge is 2.18. The molecule has 1 amide bonds. The van der Waals surface area contributed by atoms with Crippen LogP contribution in [0.15, 0.2) is 56.8 Å². The molecule has 0 saturated heterocycles. The van der Waals surface area contributed by atoms with Gasteiger partial charge in [0.05, 0.1) is 11.4 Å². The molecule has 0 atom stereocenters. The molecular weight excluding hydrogens is 400 g/mol. The summed E-state index contributed by atoms with van der Waals surface area (Å²) in [5.41, 5.74) is 0.551. The predicted molar refractivity (Wildman–Crippen MR) is 107 cm³/mol. The quantitative estimate of drug-likeness (QED) is 0.391. The van der Waals surface area contributed by atoms with Gasteiger partial charge in [-0.25, -0.2) is 13.8 Å². The fourth-order valence-corrected chi connectivity index (χ4v) is 3.81. The molecule has 6 nitrogen and oxygen atoms in total. The van der Waals surface area contributed by atoms with Crippen LogP contribution >= 0.6 is 11.8 Å². The molecule has 9 heteroatoms. The SMILES string of the molecule is CCn1c(SCC(=O)Nc2cc(F)ccc2F)nc2c(oc3ccccc32)c1=O. The Morgan fingerprint density at radius 2 is 2.03 bits per heavy atom. The highest BCUT2D eigenvalue weighted by Crippen LogP contribution is 2.27. The molecule has 1 N–H and O–H groups in total. The van der Waals surface area contributed by atoms with Crippen LogP contribution in [0.4, 0.5) is 14.5 Å². The first-order valence-corrected chi connectivity index (χ1v) is 9.76. The number of benzene rings is 2. The first kappa shape index (κ1) is 19.1. The maximum atomic E-state index is 13.7. The third-order valence-corrected chi connectivity index (χ3v) is 5.27. The van der Waals surface area contributed by atoms with E-state index in [-0.39, 0.29) is 22.6 Å². The Hall–Kier alpha value is -3.20. The lowest BCUT2D eigenvalue weighted by Crippen LogP contribution is -2.23. The van der Waals surface area contributed by atoms with E-state index in [9.17, 15) is 18.4 Å². The van der Waals surface area contributed by atoms with Crippen molar-refractivity contribution < 1.29 is 18.0 Å². The Balaban J connectivity index is 1.63. The number of fused-ring (bicyclic) bond motifs is 3. The van der Waals surface area contributed by atoms with Gasteiger partial charge in [-0.15, -0.1) is 0 Å². The molecule has 148 valence electrons. The van der Waals surface area contributed by atoms with E-state index in [4.69, 9.17) is 4.42 Å². The average Bonchev–Trinajstić information content (AvgIpc) is 3.08. The van der Waals surface area contributed by atoms with E-state index in [2.05, 4.69) is 10.3 Å². The maximum Gasteiger partial charge on any atom is 0.297 e. The molecule has 0 fully saturated rings. The number of halogens is 2. The van der Waals surface area contributed by atoms with E-state index < -0.39 is 17.5 Å². The number of nitrogens with zero attached hydrogens (tertiary/aromatic N) is 2. The van der Waals surface area contributed by atoms with Gasteiger partial charge >= 0.3 is 0 Å². The third kappa shape index (κ3) is 3.61. The predicted octanol–water partition coefficient (Wildman–Crippen LogP) is 4.17. The molecule has 2 aromatic carbocycles. The van der Waals surface area contributed by atoms with E-state index >= 15 is 0 Å². The zero-order valence-electron chi connectivity index (χ0n) is 15.2. The van der Waals surface area contributed by atoms with Crippen LogP contribution in [0.5, 0.6) is 0 Å². The summed E-state index contributed by atoms with van der Waals surface area (Å²) in [6.07, 6.45) is 0. The normalized spacial score (nSPS) is 11.3. The molecule has 0 aliphatic heterocycles. The minimum Gasteiger partial charge on any atom is -0.448 e. The fraction of sp³-hybridized carbons (Fsp3) is 0.150. The van der Waals surface area contributed by atoms with E-state index in [1.165, 1.54) is 4.57 Å². The fourth-order valence-electron chi connectivity index (χ4n) is 2.95. The zero-order valence-corrected chi connectivity index (χ0v) is 16.1. The second kappa shape index (κ2) is 7.67. The molecule has 0 saturated carbocycles. The topological polar surface area (TPSA) is 77.1 Å². The molecule has 2 heterocycles. The van der Waals surface area contributed by atoms with E-state index in [0.29, 0.717) is 28.2 Å². The number of hydrogen-bond donors (Lipinski definition) is 1. The molecule has 4 aromatic rings. The molecule has 0 spiro atoms. The molecular formula is C20H15F2N3O3S. The van der Waals surface area contributed by atoms with E-state index in [1.54, 1.807) is 25.1 Å². The number of aromatic nitrogens is 2. The molecule has 0 radical (unpaired) electrons. The Kier molecular flexibility index (Phi) is 5.06. The maximum absolute atomic E-state index is 13.7. The second-order valence-electron chi connectivity index (χ2n) is 6.18. The van der Waals surface area contributed by atoms with Gasteiger partial charge in [0.25, 0.3) is 5.56 Å². The van der Waals surface area contributed by atoms with Crippen LogP contribution in [0.1, 0.15) is 6.92 Å². The van der Waals surface area contributed by atoms with Crippen LogP contribution in [0.2, 0.25) is 0 Å². The van der Waals surface area contributed by atoms with Gasteiger partial charge in [-0.1, -0.05) is 23.9 Å². The molecule has 0 bridgehead atoms. The van der Waals surface area contributed by atoms with Gasteiger partial charge in [0, 0.05) is 18.0 Å². The summed E-state index contributed by atoms with van der Waals surface area (Å²) in [6, 6.07) is 9.98. The van der Waals surface area contributed by atoms with Gasteiger partial charge in [0.1, 0.15) is 22.7 Å². The van der Waals surface area contributed by atoms with Crippen molar-refractivity contribution in [2.45, 2.75) is 18.6 Å². The van der Waals surface area contributed by atoms with Gasteiger partial charge in [0.15, 0.2) is 5.16 Å². The van der Waals surface area contributed by atoms with Crippen molar-refractivity contribution in [1.29, 1.82) is 0 Å². The lowest BCUT2D eigenvalue weighted by Gasteiger charge is -2.10. The molecule has 0 aliphatic rings. The summed E-state index contributed by atoms with van der Waals surface area (Å²) in [4.78, 5) is 29.5. The first-order valence-electron chi connectivity index (χ1n) is 8.77. The third-order valence-electron chi connectivity index (χ3n) is 4.30. The molecule has 29 heavy (non-hydrogen) atoms. The van der Waals surface area contributed by atoms with Gasteiger partial charge in [-0.2, -0.15) is 0 Å². The number of rotatable bonds is 5. The number of anilines is 1. The minimum absolute atomic E-state index is 0.135. The number of hydrogen-bond acceptors (Lipinski definition) is 5. The lowest BCUT2D eigenvalue weighted by molar-refractivity contribution is -0.113. The zero-order chi connectivity index (χ0) is 20.5. The van der Waals surface area contributed by atoms with E-state index in [0.717, 1.165) is 30.0 Å². The molecule has 2 aromatic heterocycles. The monoisotopic (exact) mass is 415 g/mol. The molecule has 4 rings (SSSR count). The van der Waals surface area contributed by atoms with Crippen molar-refractivity contribution in [3.63, 3.8) is 0 Å². The van der Waals surface area contributed by atoms with Crippen LogP contribution < -0.4 is 10.9 Å². The summed E-state index contributed by atoms with van der Waals surface area (Å²) >= 11 is 1.03. The Morgan fingerprint density at radius 3 is 2.83 bits per heavy atom. The summed E-state index contributed by atoms with van der Waals surface area (Å²) in [6.45, 7) is 2.12. The summed E-state index contributed by atoms with van der Waals surface area (Å²) < 4.78 is 34.0. The van der Waals surface area contributed by atoms with Gasteiger partial charge in [-0.3, -0.25) is 14.2 Å². The number of thioether (sulfide) groups is 1. The van der Waals surface area contributed by atoms with Crippen LogP contribution in [0.25, 0.3) is 22.1 Å². The van der Waals surface area contributed by atoms with Gasteiger partial charge in [-0.05, 0) is 31.2 Å². The van der Waals surface area contributed by atoms with Crippen molar-refractivity contribution in [3.8, 4) is 0 Å². The van der Waals surface area contributed by atoms with E-state index in [1.807, 2.05) is 6.07 Å².